The van der Waals surface area contributed by atoms with E-state index in [4.69, 9.17) is 0 Å². The van der Waals surface area contributed by atoms with Gasteiger partial charge in [0.25, 0.3) is 11.1 Å². The van der Waals surface area contributed by atoms with Crippen LogP contribution in [-0.4, -0.2) is 25.1 Å². The van der Waals surface area contributed by atoms with Gasteiger partial charge in [-0.25, -0.2) is 9.37 Å². The van der Waals surface area contributed by atoms with Crippen molar-refractivity contribution in [2.24, 2.45) is 7.05 Å². The molecule has 8 heteroatoms. The third-order valence-electron chi connectivity index (χ3n) is 4.82. The van der Waals surface area contributed by atoms with E-state index in [1.165, 1.54) is 46.6 Å². The van der Waals surface area contributed by atoms with E-state index in [0.717, 1.165) is 0 Å². The molecular weight excluding hydrogens is 375 g/mol. The van der Waals surface area contributed by atoms with Crippen molar-refractivity contribution in [3.05, 3.63) is 91.6 Å². The van der Waals surface area contributed by atoms with Crippen LogP contribution < -0.4 is 11.1 Å². The van der Waals surface area contributed by atoms with Crippen molar-refractivity contribution in [3.8, 4) is 5.69 Å². The van der Waals surface area contributed by atoms with Gasteiger partial charge in [-0.1, -0.05) is 6.07 Å². The minimum atomic E-state index is -0.483. The molecule has 0 radical (unpaired) electrons. The summed E-state index contributed by atoms with van der Waals surface area (Å²) in [6.07, 6.45) is 0. The SMILES string of the molecule is Cc1[nH]n(C)c(=O)c1C(=O)c1ccc2nc(C)n(-c3cccc(F)c3)c(=O)c2c1. The number of aryl methyl sites for hydroxylation is 3. The molecule has 146 valence electrons. The summed E-state index contributed by atoms with van der Waals surface area (Å²) in [6, 6.07) is 10.2. The van der Waals surface area contributed by atoms with Crippen molar-refractivity contribution in [3.63, 3.8) is 0 Å². The normalized spacial score (nSPS) is 11.2. The molecule has 0 unspecified atom stereocenters. The zero-order valence-electron chi connectivity index (χ0n) is 16.0. The van der Waals surface area contributed by atoms with Crippen LogP contribution in [0.4, 0.5) is 4.39 Å². The van der Waals surface area contributed by atoms with Gasteiger partial charge >= 0.3 is 0 Å². The molecule has 0 aliphatic carbocycles. The van der Waals surface area contributed by atoms with Gasteiger partial charge in [-0.05, 0) is 50.2 Å². The molecule has 2 heterocycles. The van der Waals surface area contributed by atoms with Crippen LogP contribution in [0.5, 0.6) is 0 Å². The molecule has 0 aliphatic heterocycles. The number of hydrogen-bond donors (Lipinski definition) is 1. The van der Waals surface area contributed by atoms with E-state index in [1.54, 1.807) is 26.0 Å². The van der Waals surface area contributed by atoms with Crippen LogP contribution in [0.3, 0.4) is 0 Å². The summed E-state index contributed by atoms with van der Waals surface area (Å²) in [5.41, 5.74) is 0.563. The van der Waals surface area contributed by atoms with Crippen LogP contribution in [0.1, 0.15) is 27.4 Å². The van der Waals surface area contributed by atoms with Crippen molar-refractivity contribution in [1.82, 2.24) is 19.3 Å². The first kappa shape index (κ1) is 18.5. The number of hydrogen-bond acceptors (Lipinski definition) is 4. The fraction of sp³-hybridized carbons (Fsp3) is 0.143. The molecule has 0 saturated heterocycles. The average Bonchev–Trinajstić information content (AvgIpc) is 2.93. The van der Waals surface area contributed by atoms with Gasteiger partial charge in [0.05, 0.1) is 16.6 Å². The van der Waals surface area contributed by atoms with Gasteiger partial charge in [0.1, 0.15) is 17.2 Å². The lowest BCUT2D eigenvalue weighted by atomic mass is 10.0. The van der Waals surface area contributed by atoms with Crippen LogP contribution in [-0.2, 0) is 7.05 Å². The Morgan fingerprint density at radius 1 is 1.07 bits per heavy atom. The summed E-state index contributed by atoms with van der Waals surface area (Å²) in [7, 11) is 1.52. The second-order valence-corrected chi connectivity index (χ2v) is 6.82. The van der Waals surface area contributed by atoms with E-state index in [1.807, 2.05) is 0 Å². The summed E-state index contributed by atoms with van der Waals surface area (Å²) >= 11 is 0. The fourth-order valence-corrected chi connectivity index (χ4v) is 3.46. The average molecular weight is 392 g/mol. The Kier molecular flexibility index (Phi) is 4.26. The molecular formula is C21H17FN4O3. The number of carbonyl (C=O) groups excluding carboxylic acids is 1. The highest BCUT2D eigenvalue weighted by Gasteiger charge is 2.20. The van der Waals surface area contributed by atoms with E-state index in [0.29, 0.717) is 22.7 Å². The van der Waals surface area contributed by atoms with Crippen molar-refractivity contribution < 1.29 is 9.18 Å². The summed E-state index contributed by atoms with van der Waals surface area (Å²) in [6.45, 7) is 3.29. The van der Waals surface area contributed by atoms with Crippen LogP contribution in [0.25, 0.3) is 16.6 Å². The number of nitrogens with zero attached hydrogens (tertiary/aromatic N) is 3. The van der Waals surface area contributed by atoms with Crippen molar-refractivity contribution in [1.29, 1.82) is 0 Å². The Bertz CT molecular complexity index is 1410. The number of H-pyrrole nitrogens is 1. The van der Waals surface area contributed by atoms with Gasteiger partial charge in [0, 0.05) is 18.3 Å². The smallest absolute Gasteiger partial charge is 0.277 e. The summed E-state index contributed by atoms with van der Waals surface area (Å²) in [4.78, 5) is 42.7. The Hall–Kier alpha value is -3.81. The zero-order valence-corrected chi connectivity index (χ0v) is 16.0. The predicted octanol–water partition coefficient (Wildman–Crippen LogP) is 2.40. The van der Waals surface area contributed by atoms with Gasteiger partial charge in [0.15, 0.2) is 5.78 Å². The van der Waals surface area contributed by atoms with Crippen LogP contribution in [0.15, 0.2) is 52.1 Å². The van der Waals surface area contributed by atoms with Crippen molar-refractivity contribution in [2.75, 3.05) is 0 Å². The van der Waals surface area contributed by atoms with E-state index < -0.39 is 22.7 Å². The van der Waals surface area contributed by atoms with Gasteiger partial charge in [0.2, 0.25) is 0 Å². The number of fused-ring (bicyclic) bond motifs is 1. The van der Waals surface area contributed by atoms with Gasteiger partial charge in [-0.2, -0.15) is 0 Å². The molecule has 2 aromatic heterocycles. The molecule has 4 rings (SSSR count). The quantitative estimate of drug-likeness (QED) is 0.542. The highest BCUT2D eigenvalue weighted by Crippen LogP contribution is 2.17. The van der Waals surface area contributed by atoms with Gasteiger partial charge in [-0.15, -0.1) is 0 Å². The van der Waals surface area contributed by atoms with Gasteiger partial charge in [-0.3, -0.25) is 28.7 Å². The lowest BCUT2D eigenvalue weighted by Crippen LogP contribution is -2.23. The number of nitrogens with one attached hydrogen (secondary N) is 1. The van der Waals surface area contributed by atoms with E-state index in [-0.39, 0.29) is 16.5 Å². The van der Waals surface area contributed by atoms with Crippen LogP contribution >= 0.6 is 0 Å². The first-order valence-electron chi connectivity index (χ1n) is 8.87. The minimum Gasteiger partial charge on any atom is -0.299 e. The number of ketones is 1. The monoisotopic (exact) mass is 392 g/mol. The summed E-state index contributed by atoms with van der Waals surface area (Å²) in [5, 5.41) is 2.99. The fourth-order valence-electron chi connectivity index (χ4n) is 3.46. The highest BCUT2D eigenvalue weighted by atomic mass is 19.1. The number of aromatic amines is 1. The van der Waals surface area contributed by atoms with Gasteiger partial charge < -0.3 is 0 Å². The van der Waals surface area contributed by atoms with Crippen molar-refractivity contribution >= 4 is 16.7 Å². The standard InChI is InChI=1S/C21H17FN4O3/c1-11-18(21(29)25(3)24-11)19(27)13-7-8-17-16(9-13)20(28)26(12(2)23-17)15-6-4-5-14(22)10-15/h4-10,24H,1-3H3. The van der Waals surface area contributed by atoms with Crippen LogP contribution in [0, 0.1) is 19.7 Å². The van der Waals surface area contributed by atoms with Crippen molar-refractivity contribution in [2.45, 2.75) is 13.8 Å². The number of benzene rings is 2. The predicted molar refractivity (Wildman–Crippen MR) is 106 cm³/mol. The third kappa shape index (κ3) is 2.98. The Morgan fingerprint density at radius 3 is 2.48 bits per heavy atom. The molecule has 0 aliphatic rings. The second-order valence-electron chi connectivity index (χ2n) is 6.82. The number of rotatable bonds is 3. The molecule has 0 fully saturated rings. The molecule has 1 N–H and O–H groups in total. The highest BCUT2D eigenvalue weighted by molar-refractivity contribution is 6.10. The zero-order chi connectivity index (χ0) is 20.9. The van der Waals surface area contributed by atoms with Crippen LogP contribution in [0.2, 0.25) is 0 Å². The number of halogens is 1. The Morgan fingerprint density at radius 2 is 1.83 bits per heavy atom. The maximum Gasteiger partial charge on any atom is 0.277 e. The maximum absolute atomic E-state index is 13.7. The molecule has 2 aromatic carbocycles. The molecule has 0 amide bonds. The second kappa shape index (κ2) is 6.66. The topological polar surface area (TPSA) is 89.8 Å². The Labute approximate surface area is 164 Å². The van der Waals surface area contributed by atoms with E-state index in [2.05, 4.69) is 10.1 Å². The van der Waals surface area contributed by atoms with E-state index >= 15 is 0 Å². The molecule has 7 nitrogen and oxygen atoms in total. The first-order chi connectivity index (χ1) is 13.8. The molecule has 29 heavy (non-hydrogen) atoms. The molecule has 4 aromatic rings. The lowest BCUT2D eigenvalue weighted by Gasteiger charge is -2.11. The largest absolute Gasteiger partial charge is 0.299 e. The lowest BCUT2D eigenvalue weighted by molar-refractivity contribution is 0.103. The first-order valence-corrected chi connectivity index (χ1v) is 8.87. The summed E-state index contributed by atoms with van der Waals surface area (Å²) in [5.74, 6) is -0.567. The molecule has 0 atom stereocenters. The number of aromatic nitrogens is 4. The molecule has 0 saturated carbocycles. The molecule has 0 spiro atoms. The van der Waals surface area contributed by atoms with E-state index in [9.17, 15) is 18.8 Å². The Balaban J connectivity index is 1.93. The summed E-state index contributed by atoms with van der Waals surface area (Å²) < 4.78 is 16.2. The molecule has 0 bridgehead atoms. The third-order valence-corrected chi connectivity index (χ3v) is 4.82. The number of carbonyl (C=O) groups is 1. The minimum absolute atomic E-state index is 0.0253. The maximum atomic E-state index is 13.7.